The summed E-state index contributed by atoms with van der Waals surface area (Å²) in [5, 5.41) is 3.44. The van der Waals surface area contributed by atoms with E-state index in [9.17, 15) is 0 Å². The Kier molecular flexibility index (Phi) is 5.97. The van der Waals surface area contributed by atoms with Crippen LogP contribution in [-0.2, 0) is 13.1 Å². The highest BCUT2D eigenvalue weighted by Gasteiger charge is 2.41. The van der Waals surface area contributed by atoms with Gasteiger partial charge in [0.15, 0.2) is 0 Å². The molecule has 0 saturated heterocycles. The van der Waals surface area contributed by atoms with Crippen molar-refractivity contribution in [1.82, 2.24) is 10.2 Å². The summed E-state index contributed by atoms with van der Waals surface area (Å²) in [5.74, 6) is 2.80. The molecule has 0 amide bonds. The molecule has 0 radical (unpaired) electrons. The summed E-state index contributed by atoms with van der Waals surface area (Å²) < 4.78 is 17.8. The van der Waals surface area contributed by atoms with Crippen molar-refractivity contribution >= 4 is 0 Å². The van der Waals surface area contributed by atoms with E-state index in [1.165, 1.54) is 5.56 Å². The summed E-state index contributed by atoms with van der Waals surface area (Å²) in [6, 6.07) is 15.1. The topological polar surface area (TPSA) is 43.0 Å². The number of para-hydroxylation sites is 1. The van der Waals surface area contributed by atoms with E-state index in [4.69, 9.17) is 14.2 Å². The zero-order valence-electron chi connectivity index (χ0n) is 17.7. The van der Waals surface area contributed by atoms with E-state index in [0.717, 1.165) is 68.1 Å². The Morgan fingerprint density at radius 2 is 1.90 bits per heavy atom. The van der Waals surface area contributed by atoms with Gasteiger partial charge < -0.3 is 19.5 Å². The van der Waals surface area contributed by atoms with Gasteiger partial charge in [0, 0.05) is 36.8 Å². The zero-order chi connectivity index (χ0) is 20.3. The van der Waals surface area contributed by atoms with E-state index in [2.05, 4.69) is 47.6 Å². The molecule has 0 unspecified atom stereocenters. The predicted octanol–water partition coefficient (Wildman–Crippen LogP) is 4.00. The number of ether oxygens (including phenoxy) is 3. The Morgan fingerprint density at radius 1 is 1.10 bits per heavy atom. The molecule has 29 heavy (non-hydrogen) atoms. The summed E-state index contributed by atoms with van der Waals surface area (Å²) >= 11 is 0. The van der Waals surface area contributed by atoms with Gasteiger partial charge in [-0.2, -0.15) is 0 Å². The second kappa shape index (κ2) is 8.64. The molecule has 2 aromatic carbocycles. The Bertz CT molecular complexity index is 831. The number of methoxy groups -OCH3 is 2. The van der Waals surface area contributed by atoms with Crippen molar-refractivity contribution in [2.45, 2.75) is 50.4 Å². The molecule has 0 bridgehead atoms. The third-order valence-electron chi connectivity index (χ3n) is 6.39. The summed E-state index contributed by atoms with van der Waals surface area (Å²) in [6.45, 7) is 2.58. The highest BCUT2D eigenvalue weighted by molar-refractivity contribution is 5.41. The first-order valence-electron chi connectivity index (χ1n) is 10.5. The van der Waals surface area contributed by atoms with Gasteiger partial charge >= 0.3 is 0 Å². The summed E-state index contributed by atoms with van der Waals surface area (Å²) in [7, 11) is 5.50. The standard InChI is InChI=1S/C24H32N2O3/c1-25-20-10-12-24(13-11-20)17-26(15-18-6-4-5-7-23(18)29-24)16-19-14-21(27-2)8-9-22(19)28-3/h4-9,14,20,25H,10-13,15-17H2,1-3H3. The van der Waals surface area contributed by atoms with Crippen LogP contribution in [-0.4, -0.2) is 44.4 Å². The maximum Gasteiger partial charge on any atom is 0.124 e. The van der Waals surface area contributed by atoms with Crippen molar-refractivity contribution < 1.29 is 14.2 Å². The molecule has 1 saturated carbocycles. The molecule has 4 rings (SSSR count). The SMILES string of the molecule is CNC1CCC2(CC1)CN(Cc1cc(OC)ccc1OC)Cc1ccccc1O2. The van der Waals surface area contributed by atoms with E-state index < -0.39 is 0 Å². The summed E-state index contributed by atoms with van der Waals surface area (Å²) in [5.41, 5.74) is 2.26. The largest absolute Gasteiger partial charge is 0.497 e. The zero-order valence-corrected chi connectivity index (χ0v) is 17.7. The smallest absolute Gasteiger partial charge is 0.124 e. The van der Waals surface area contributed by atoms with Gasteiger partial charge in [0.1, 0.15) is 22.8 Å². The van der Waals surface area contributed by atoms with Gasteiger partial charge in [-0.15, -0.1) is 0 Å². The molecule has 1 aliphatic carbocycles. The van der Waals surface area contributed by atoms with Gasteiger partial charge in [-0.05, 0) is 57.0 Å². The minimum Gasteiger partial charge on any atom is -0.497 e. The highest BCUT2D eigenvalue weighted by atomic mass is 16.5. The lowest BCUT2D eigenvalue weighted by atomic mass is 9.81. The fraction of sp³-hybridized carbons (Fsp3) is 0.500. The van der Waals surface area contributed by atoms with Gasteiger partial charge in [-0.1, -0.05) is 18.2 Å². The monoisotopic (exact) mass is 396 g/mol. The quantitative estimate of drug-likeness (QED) is 0.828. The highest BCUT2D eigenvalue weighted by Crippen LogP contribution is 2.39. The van der Waals surface area contributed by atoms with Crippen molar-refractivity contribution in [3.63, 3.8) is 0 Å². The van der Waals surface area contributed by atoms with Crippen LogP contribution in [0.2, 0.25) is 0 Å². The molecule has 1 heterocycles. The predicted molar refractivity (Wildman–Crippen MR) is 115 cm³/mol. The fourth-order valence-corrected chi connectivity index (χ4v) is 4.75. The van der Waals surface area contributed by atoms with Crippen LogP contribution in [0.4, 0.5) is 0 Å². The van der Waals surface area contributed by atoms with Crippen molar-refractivity contribution in [1.29, 1.82) is 0 Å². The van der Waals surface area contributed by atoms with Gasteiger partial charge in [0.05, 0.1) is 14.2 Å². The molecule has 1 aliphatic heterocycles. The Hall–Kier alpha value is -2.24. The number of hydrogen-bond acceptors (Lipinski definition) is 5. The lowest BCUT2D eigenvalue weighted by Gasteiger charge is -2.41. The first-order valence-corrected chi connectivity index (χ1v) is 10.5. The molecule has 5 nitrogen and oxygen atoms in total. The van der Waals surface area contributed by atoms with E-state index in [1.54, 1.807) is 14.2 Å². The van der Waals surface area contributed by atoms with E-state index in [1.807, 2.05) is 12.1 Å². The van der Waals surface area contributed by atoms with Crippen molar-refractivity contribution in [3.8, 4) is 17.2 Å². The Morgan fingerprint density at radius 3 is 2.62 bits per heavy atom. The first-order chi connectivity index (χ1) is 14.1. The number of hydrogen-bond donors (Lipinski definition) is 1. The fourth-order valence-electron chi connectivity index (χ4n) is 4.75. The van der Waals surface area contributed by atoms with Crippen molar-refractivity contribution in [3.05, 3.63) is 53.6 Å². The van der Waals surface area contributed by atoms with Gasteiger partial charge in [0.25, 0.3) is 0 Å². The number of nitrogens with zero attached hydrogens (tertiary/aromatic N) is 1. The second-order valence-corrected chi connectivity index (χ2v) is 8.28. The number of benzene rings is 2. The van der Waals surface area contributed by atoms with Gasteiger partial charge in [0.2, 0.25) is 0 Å². The van der Waals surface area contributed by atoms with Crippen molar-refractivity contribution in [2.24, 2.45) is 0 Å². The lowest BCUT2D eigenvalue weighted by molar-refractivity contribution is -0.00334. The molecule has 1 spiro atoms. The van der Waals surface area contributed by atoms with E-state index in [0.29, 0.717) is 6.04 Å². The molecule has 5 heteroatoms. The third-order valence-corrected chi connectivity index (χ3v) is 6.39. The maximum atomic E-state index is 6.72. The average Bonchev–Trinajstić information content (AvgIpc) is 2.90. The molecule has 1 fully saturated rings. The molecule has 0 aromatic heterocycles. The van der Waals surface area contributed by atoms with Crippen LogP contribution in [0.3, 0.4) is 0 Å². The first kappa shape index (κ1) is 20.0. The van der Waals surface area contributed by atoms with Crippen LogP contribution < -0.4 is 19.5 Å². The molecule has 2 aromatic rings. The number of rotatable bonds is 5. The van der Waals surface area contributed by atoms with Gasteiger partial charge in [-0.25, -0.2) is 0 Å². The Labute approximate surface area is 174 Å². The minimum atomic E-state index is -0.133. The lowest BCUT2D eigenvalue weighted by Crippen LogP contribution is -2.50. The van der Waals surface area contributed by atoms with Crippen LogP contribution in [0.25, 0.3) is 0 Å². The maximum absolute atomic E-state index is 6.72. The van der Waals surface area contributed by atoms with Crippen LogP contribution in [0.15, 0.2) is 42.5 Å². The summed E-state index contributed by atoms with van der Waals surface area (Å²) in [6.07, 6.45) is 4.43. The van der Waals surface area contributed by atoms with Crippen LogP contribution in [0.1, 0.15) is 36.8 Å². The summed E-state index contributed by atoms with van der Waals surface area (Å²) in [4.78, 5) is 2.50. The molecular formula is C24H32N2O3. The van der Waals surface area contributed by atoms with Crippen molar-refractivity contribution in [2.75, 3.05) is 27.8 Å². The minimum absolute atomic E-state index is 0.133. The average molecular weight is 397 g/mol. The number of fused-ring (bicyclic) bond motifs is 1. The Balaban J connectivity index is 1.63. The van der Waals surface area contributed by atoms with E-state index in [-0.39, 0.29) is 5.60 Å². The van der Waals surface area contributed by atoms with Gasteiger partial charge in [-0.3, -0.25) is 4.90 Å². The third kappa shape index (κ3) is 4.36. The molecule has 1 N–H and O–H groups in total. The van der Waals surface area contributed by atoms with Crippen LogP contribution in [0.5, 0.6) is 17.2 Å². The molecule has 156 valence electrons. The molecular weight excluding hydrogens is 364 g/mol. The van der Waals surface area contributed by atoms with Crippen LogP contribution in [0, 0.1) is 0 Å². The number of nitrogens with one attached hydrogen (secondary N) is 1. The van der Waals surface area contributed by atoms with E-state index >= 15 is 0 Å². The second-order valence-electron chi connectivity index (χ2n) is 8.28. The molecule has 0 atom stereocenters. The molecule has 2 aliphatic rings. The normalized spacial score (nSPS) is 24.4. The van der Waals surface area contributed by atoms with Crippen LogP contribution >= 0.6 is 0 Å².